The first-order valence-electron chi connectivity index (χ1n) is 38.2. The Bertz CT molecular complexity index is 6540. The van der Waals surface area contributed by atoms with Crippen LogP contribution in [0.15, 0.2) is 152 Å². The molecule has 0 aliphatic heterocycles. The number of thioether (sulfide) groups is 2. The minimum atomic E-state index is -4.76. The maximum atomic E-state index is 14.0. The van der Waals surface area contributed by atoms with Gasteiger partial charge in [0.1, 0.15) is 90.3 Å². The molecular formula is C88H66F14N8O12S8. The number of halogens is 14. The number of ether oxygens (including phenoxy) is 2. The summed E-state index contributed by atoms with van der Waals surface area (Å²) in [5, 5.41) is 39.1. The number of oxazole rings is 2. The maximum absolute atomic E-state index is 14.0. The zero-order valence-electron chi connectivity index (χ0n) is 68.5. The number of benzene rings is 8. The number of carboxylic acids is 4. The van der Waals surface area contributed by atoms with Gasteiger partial charge in [-0.3, -0.25) is 19.2 Å². The summed E-state index contributed by atoms with van der Waals surface area (Å²) in [6.45, 7) is 15.2. The first kappa shape index (κ1) is 95.8. The number of carboxylic acid groups (broad SMARTS) is 4. The average molecular weight is 1950 g/mol. The molecule has 42 heteroatoms. The number of carbonyl (C=O) groups is 4. The van der Waals surface area contributed by atoms with Crippen LogP contribution in [0.4, 0.5) is 61.5 Å². The summed E-state index contributed by atoms with van der Waals surface area (Å²) in [5.41, 5.74) is 7.88. The van der Waals surface area contributed by atoms with Gasteiger partial charge in [0.05, 0.1) is 97.8 Å². The van der Waals surface area contributed by atoms with Crippen LogP contribution in [-0.2, 0) is 94.3 Å². The van der Waals surface area contributed by atoms with Gasteiger partial charge >= 0.3 is 48.6 Å². The van der Waals surface area contributed by atoms with Crippen molar-refractivity contribution in [2.45, 2.75) is 140 Å². The predicted molar refractivity (Wildman–Crippen MR) is 468 cm³/mol. The zero-order chi connectivity index (χ0) is 93.9. The van der Waals surface area contributed by atoms with E-state index in [0.717, 1.165) is 115 Å². The van der Waals surface area contributed by atoms with Gasteiger partial charge in [-0.25, -0.2) is 48.7 Å². The molecular weight excluding hydrogens is 1880 g/mol. The van der Waals surface area contributed by atoms with Gasteiger partial charge in [0.2, 0.25) is 11.8 Å². The molecule has 8 aromatic carbocycles. The molecule has 16 rings (SSSR count). The van der Waals surface area contributed by atoms with E-state index in [4.69, 9.17) is 38.7 Å². The largest absolute Gasteiger partial charge is 0.486 e. The van der Waals surface area contributed by atoms with Crippen LogP contribution in [-0.4, -0.2) is 84.2 Å². The molecule has 0 fully saturated rings. The van der Waals surface area contributed by atoms with Crippen molar-refractivity contribution in [3.05, 3.63) is 254 Å². The second-order valence-corrected chi connectivity index (χ2v) is 37.5. The fourth-order valence-electron chi connectivity index (χ4n) is 12.7. The topological polar surface area (TPSA) is 297 Å². The maximum Gasteiger partial charge on any atom is 0.419 e. The number of alkyl halides is 12. The van der Waals surface area contributed by atoms with Crippen LogP contribution in [0, 0.1) is 67.0 Å². The molecule has 0 atom stereocenters. The molecule has 0 unspecified atom stereocenters. The number of nitrogens with zero attached hydrogens (tertiary/aromatic N) is 8. The standard InChI is InChI=1S/2C22H16F4N2O3S2.2C22H17F3N2O3S2/c1-10-5-15-20(31-18(28-15)8-19(29)30)16(6-10)32-9-17-11(2)27-21(33-17)12-3-4-13(14(23)7-12)22(24,25)26;1-10-5-15-20(33-18(28-15)8-19(29)30)16(6-10)31-9-17-11(2)27-21(32-17)12-3-4-13(14(23)7-12)22(24,25)26;1-11-7-15-20(30-18(27-15)9-19(28)29)16(8-11)31-10-17-12(2)26-21(32-17)13-3-5-14(6-4-13)22(23,24)25;1-11-7-15-20(32-18(27-15)9-19(28)29)16(8-11)30-10-17-12(2)26-21(31-17)13-3-5-14(6-4-13)22(23,24)25/h2*3-7H,8-9H2,1-2H3,(H,29,30);2*3-8H,9-10H2,1-2H3,(H,28,29). The van der Waals surface area contributed by atoms with Crippen molar-refractivity contribution in [3.8, 4) is 53.8 Å². The Hall–Kier alpha value is -11.8. The van der Waals surface area contributed by atoms with Gasteiger partial charge in [0.25, 0.3) is 0 Å². The Morgan fingerprint density at radius 3 is 0.985 bits per heavy atom. The van der Waals surface area contributed by atoms with Crippen molar-refractivity contribution < 1.29 is 119 Å². The number of aliphatic carboxylic acids is 4. The van der Waals surface area contributed by atoms with Crippen LogP contribution in [0.2, 0.25) is 0 Å². The number of aryl methyl sites for hydroxylation is 8. The highest BCUT2D eigenvalue weighted by molar-refractivity contribution is 7.99. The van der Waals surface area contributed by atoms with Crippen LogP contribution in [0.5, 0.6) is 11.5 Å². The fraction of sp³-hybridized carbons (Fsp3) is 0.227. The third kappa shape index (κ3) is 23.9. The number of aromatic nitrogens is 8. The first-order chi connectivity index (χ1) is 61.2. The zero-order valence-corrected chi connectivity index (χ0v) is 75.1. The third-order valence-corrected chi connectivity index (χ3v) is 28.2. The van der Waals surface area contributed by atoms with Crippen molar-refractivity contribution in [1.29, 1.82) is 0 Å². The second kappa shape index (κ2) is 39.5. The van der Waals surface area contributed by atoms with Crippen LogP contribution in [0.1, 0.15) is 109 Å². The molecule has 16 aromatic rings. The smallest absolute Gasteiger partial charge is 0.419 e. The van der Waals surface area contributed by atoms with Gasteiger partial charge < -0.3 is 38.7 Å². The summed E-state index contributed by atoms with van der Waals surface area (Å²) in [4.78, 5) is 84.0. The molecule has 0 aliphatic rings. The Labute approximate surface area is 759 Å². The van der Waals surface area contributed by atoms with Gasteiger partial charge in [-0.15, -0.1) is 91.5 Å². The summed E-state index contributed by atoms with van der Waals surface area (Å²) in [6, 6.07) is 30.4. The summed E-state index contributed by atoms with van der Waals surface area (Å²) < 4.78 is 206. The summed E-state index contributed by atoms with van der Waals surface area (Å²) in [5.74, 6) is -4.17. The van der Waals surface area contributed by atoms with Crippen LogP contribution >= 0.6 is 91.5 Å². The summed E-state index contributed by atoms with van der Waals surface area (Å²) in [6.07, 6.45) is -19.2. The molecule has 4 N–H and O–H groups in total. The molecule has 8 heterocycles. The molecule has 130 heavy (non-hydrogen) atoms. The number of thiazole rings is 6. The van der Waals surface area contributed by atoms with E-state index in [1.807, 2.05) is 90.1 Å². The molecule has 8 aromatic heterocycles. The Morgan fingerprint density at radius 2 is 0.662 bits per heavy atom. The van der Waals surface area contributed by atoms with E-state index in [-0.39, 0.29) is 61.8 Å². The minimum absolute atomic E-state index is 0.116. The van der Waals surface area contributed by atoms with E-state index in [2.05, 4.69) is 39.9 Å². The molecule has 20 nitrogen and oxygen atoms in total. The van der Waals surface area contributed by atoms with Gasteiger partial charge in [0, 0.05) is 43.5 Å². The molecule has 0 amide bonds. The van der Waals surface area contributed by atoms with Crippen molar-refractivity contribution >= 4 is 158 Å². The van der Waals surface area contributed by atoms with Crippen LogP contribution in [0.3, 0.4) is 0 Å². The van der Waals surface area contributed by atoms with Gasteiger partial charge in [0.15, 0.2) is 11.2 Å². The number of fused-ring (bicyclic) bond motifs is 4. The SMILES string of the molecule is Cc1cc(OCc2sc(-c3ccc(C(F)(F)F)c(F)c3)nc2C)c2sc(CC(=O)O)nc2c1.Cc1cc(OCc2sc(-c3ccc(C(F)(F)F)cc3)nc2C)c2sc(CC(=O)O)nc2c1.Cc1cc(SCc2sc(-c3ccc(C(F)(F)F)c(F)c3)nc2C)c2oc(CC(=O)O)nc2c1.Cc1cc(SCc2sc(-c3ccc(C(F)(F)F)cc3)nc2C)c2oc(CC(=O)O)nc2c1. The van der Waals surface area contributed by atoms with E-state index in [0.29, 0.717) is 115 Å². The van der Waals surface area contributed by atoms with E-state index < -0.39 is 82.5 Å². The number of hydrogen-bond acceptors (Lipinski definition) is 24. The lowest BCUT2D eigenvalue weighted by atomic mass is 10.1. The number of hydrogen-bond donors (Lipinski definition) is 4. The van der Waals surface area contributed by atoms with Gasteiger partial charge in [-0.2, -0.15) is 52.7 Å². The molecule has 0 saturated heterocycles. The lowest BCUT2D eigenvalue weighted by Crippen LogP contribution is -2.07. The van der Waals surface area contributed by atoms with Crippen LogP contribution in [0.25, 0.3) is 84.9 Å². The Kier molecular flexibility index (Phi) is 29.1. The van der Waals surface area contributed by atoms with E-state index in [9.17, 15) is 80.6 Å². The first-order valence-corrected chi connectivity index (χ1v) is 45.0. The summed E-state index contributed by atoms with van der Waals surface area (Å²) in [7, 11) is 0. The fourth-order valence-corrected chi connectivity index (χ4v) is 21.2. The van der Waals surface area contributed by atoms with E-state index in [1.54, 1.807) is 13.8 Å². The lowest BCUT2D eigenvalue weighted by Gasteiger charge is -2.08. The van der Waals surface area contributed by atoms with Gasteiger partial charge in [-0.05, 0) is 175 Å². The highest BCUT2D eigenvalue weighted by Crippen LogP contribution is 2.45. The van der Waals surface area contributed by atoms with Crippen molar-refractivity contribution in [1.82, 2.24) is 39.9 Å². The summed E-state index contributed by atoms with van der Waals surface area (Å²) >= 11 is 10.8. The van der Waals surface area contributed by atoms with Crippen molar-refractivity contribution in [2.24, 2.45) is 0 Å². The monoisotopic (exact) mass is 1950 g/mol. The Balaban J connectivity index is 0.000000148. The molecule has 0 aliphatic carbocycles. The molecule has 676 valence electrons. The quantitative estimate of drug-likeness (QED) is 0.0323. The normalized spacial score (nSPS) is 11.9. The lowest BCUT2D eigenvalue weighted by molar-refractivity contribution is -0.140. The number of rotatable bonds is 24. The minimum Gasteiger partial charge on any atom is -0.486 e. The average Bonchev–Trinajstić information content (AvgIpc) is 1.63. The van der Waals surface area contributed by atoms with Crippen LogP contribution < -0.4 is 9.47 Å². The second-order valence-electron chi connectivity index (χ2n) is 29.0. The highest BCUT2D eigenvalue weighted by Gasteiger charge is 2.37. The molecule has 0 radical (unpaired) electrons. The van der Waals surface area contributed by atoms with Crippen molar-refractivity contribution in [3.63, 3.8) is 0 Å². The predicted octanol–water partition coefficient (Wildman–Crippen LogP) is 25.8. The van der Waals surface area contributed by atoms with Gasteiger partial charge in [-0.1, -0.05) is 36.4 Å². The highest BCUT2D eigenvalue weighted by atomic mass is 32.2. The van der Waals surface area contributed by atoms with E-state index in [1.165, 1.54) is 128 Å². The molecule has 0 saturated carbocycles. The van der Waals surface area contributed by atoms with Crippen molar-refractivity contribution in [2.75, 3.05) is 0 Å². The molecule has 0 bridgehead atoms. The third-order valence-electron chi connectivity index (χ3n) is 18.8. The molecule has 0 spiro atoms. The van der Waals surface area contributed by atoms with E-state index >= 15 is 0 Å². The Morgan fingerprint density at radius 1 is 0.354 bits per heavy atom.